The van der Waals surface area contributed by atoms with Crippen LogP contribution in [0.2, 0.25) is 0 Å². The molecule has 0 aromatic carbocycles. The monoisotopic (exact) mass is 228 g/mol. The quantitative estimate of drug-likeness (QED) is 0.411. The third kappa shape index (κ3) is 4.31. The van der Waals surface area contributed by atoms with E-state index in [1.165, 1.54) is 0 Å². The smallest absolute Gasteiger partial charge is 0.340 e. The Bertz CT molecular complexity index is 248. The van der Waals surface area contributed by atoms with Crippen LogP contribution in [0.5, 0.6) is 0 Å². The molecule has 0 unspecified atom stereocenters. The second-order valence-corrected chi connectivity index (χ2v) is 3.32. The van der Waals surface area contributed by atoms with Gasteiger partial charge in [0.2, 0.25) is 0 Å². The lowest BCUT2D eigenvalue weighted by molar-refractivity contribution is -0.177. The van der Waals surface area contributed by atoms with Crippen LogP contribution in [-0.2, 0) is 9.53 Å². The summed E-state index contributed by atoms with van der Waals surface area (Å²) in [5, 5.41) is 0. The predicted molar refractivity (Wildman–Crippen MR) is 45.9 cm³/mol. The molecule has 0 aliphatic heterocycles. The predicted octanol–water partition coefficient (Wildman–Crippen LogP) is 2.64. The van der Waals surface area contributed by atoms with Crippen molar-refractivity contribution < 1.29 is 27.1 Å². The van der Waals surface area contributed by atoms with Gasteiger partial charge in [0, 0.05) is 5.57 Å². The molecule has 15 heavy (non-hydrogen) atoms. The van der Waals surface area contributed by atoms with Gasteiger partial charge >= 0.3 is 18.3 Å². The van der Waals surface area contributed by atoms with Crippen molar-refractivity contribution in [2.24, 2.45) is 5.92 Å². The van der Waals surface area contributed by atoms with Crippen molar-refractivity contribution in [1.82, 2.24) is 0 Å². The van der Waals surface area contributed by atoms with Gasteiger partial charge < -0.3 is 4.74 Å². The first-order valence-electron chi connectivity index (χ1n) is 4.20. The fourth-order valence-electron chi connectivity index (χ4n) is 0.553. The van der Waals surface area contributed by atoms with Gasteiger partial charge in [-0.3, -0.25) is 0 Å². The standard InChI is InChI=1S/C9H12F4O2/c1-5(2)6(3)7(14)15-4-9(12,13)8(10)11/h5,8H,3-4H2,1-2H3. The number of alkyl halides is 4. The van der Waals surface area contributed by atoms with Gasteiger partial charge in [0.1, 0.15) is 0 Å². The van der Waals surface area contributed by atoms with Crippen molar-refractivity contribution in [3.63, 3.8) is 0 Å². The van der Waals surface area contributed by atoms with E-state index in [1.54, 1.807) is 13.8 Å². The van der Waals surface area contributed by atoms with Crippen LogP contribution in [0.25, 0.3) is 0 Å². The minimum atomic E-state index is -4.31. The zero-order valence-corrected chi connectivity index (χ0v) is 8.40. The van der Waals surface area contributed by atoms with Crippen LogP contribution < -0.4 is 0 Å². The summed E-state index contributed by atoms with van der Waals surface area (Å²) in [6, 6.07) is 0. The number of esters is 1. The van der Waals surface area contributed by atoms with Crippen LogP contribution in [0.3, 0.4) is 0 Å². The summed E-state index contributed by atoms with van der Waals surface area (Å²) >= 11 is 0. The highest BCUT2D eigenvalue weighted by molar-refractivity contribution is 5.88. The fraction of sp³-hybridized carbons (Fsp3) is 0.667. The van der Waals surface area contributed by atoms with E-state index in [0.717, 1.165) is 0 Å². The highest BCUT2D eigenvalue weighted by Crippen LogP contribution is 2.23. The van der Waals surface area contributed by atoms with Crippen molar-refractivity contribution in [3.8, 4) is 0 Å². The molecule has 0 heterocycles. The molecule has 2 nitrogen and oxygen atoms in total. The molecule has 0 atom stereocenters. The normalized spacial score (nSPS) is 12.0. The molecule has 0 aliphatic rings. The third-order valence-electron chi connectivity index (χ3n) is 1.67. The lowest BCUT2D eigenvalue weighted by atomic mass is 10.1. The summed E-state index contributed by atoms with van der Waals surface area (Å²) in [6.07, 6.45) is -3.85. The largest absolute Gasteiger partial charge is 0.456 e. The second kappa shape index (κ2) is 5.14. The van der Waals surface area contributed by atoms with Gasteiger partial charge in [0.05, 0.1) is 0 Å². The SMILES string of the molecule is C=C(C(=O)OCC(F)(F)C(F)F)C(C)C. The molecule has 0 radical (unpaired) electrons. The highest BCUT2D eigenvalue weighted by atomic mass is 19.3. The molecule has 6 heteroatoms. The second-order valence-electron chi connectivity index (χ2n) is 3.32. The summed E-state index contributed by atoms with van der Waals surface area (Å²) in [5.41, 5.74) is -0.0277. The van der Waals surface area contributed by atoms with E-state index in [2.05, 4.69) is 11.3 Å². The molecule has 0 fully saturated rings. The van der Waals surface area contributed by atoms with E-state index in [4.69, 9.17) is 0 Å². The Labute approximate surface area is 84.9 Å². The number of hydrogen-bond acceptors (Lipinski definition) is 2. The maximum absolute atomic E-state index is 12.3. The summed E-state index contributed by atoms with van der Waals surface area (Å²) in [5.74, 6) is -5.67. The van der Waals surface area contributed by atoms with Crippen molar-refractivity contribution in [1.29, 1.82) is 0 Å². The molecule has 88 valence electrons. The van der Waals surface area contributed by atoms with Crippen molar-refractivity contribution in [2.45, 2.75) is 26.2 Å². The van der Waals surface area contributed by atoms with Gasteiger partial charge in [-0.05, 0) is 5.92 Å². The zero-order chi connectivity index (χ0) is 12.2. The lowest BCUT2D eigenvalue weighted by Gasteiger charge is -2.16. The Balaban J connectivity index is 4.18. The number of rotatable bonds is 5. The van der Waals surface area contributed by atoms with Gasteiger partial charge in [-0.2, -0.15) is 8.78 Å². The van der Waals surface area contributed by atoms with Crippen LogP contribution in [0.15, 0.2) is 12.2 Å². The summed E-state index contributed by atoms with van der Waals surface area (Å²) < 4.78 is 52.0. The van der Waals surface area contributed by atoms with Crippen LogP contribution in [-0.4, -0.2) is 24.9 Å². The van der Waals surface area contributed by atoms with E-state index < -0.39 is 24.9 Å². The van der Waals surface area contributed by atoms with E-state index in [-0.39, 0.29) is 11.5 Å². The van der Waals surface area contributed by atoms with Gasteiger partial charge in [-0.15, -0.1) is 0 Å². The maximum atomic E-state index is 12.3. The number of hydrogen-bond donors (Lipinski definition) is 0. The number of carbonyl (C=O) groups is 1. The first-order chi connectivity index (χ1) is 6.68. The number of ether oxygens (including phenoxy) is 1. The van der Waals surface area contributed by atoms with Gasteiger partial charge in [0.15, 0.2) is 6.61 Å². The summed E-state index contributed by atoms with van der Waals surface area (Å²) in [4.78, 5) is 11.0. The molecule has 0 amide bonds. The van der Waals surface area contributed by atoms with Crippen LogP contribution in [0.1, 0.15) is 13.8 Å². The summed E-state index contributed by atoms with van der Waals surface area (Å²) in [7, 11) is 0. The molecule has 0 spiro atoms. The molecule has 0 aliphatic carbocycles. The molecule has 0 bridgehead atoms. The molecular weight excluding hydrogens is 216 g/mol. The van der Waals surface area contributed by atoms with E-state index in [1.807, 2.05) is 0 Å². The molecule has 0 aromatic heterocycles. The van der Waals surface area contributed by atoms with E-state index in [9.17, 15) is 22.4 Å². The van der Waals surface area contributed by atoms with Crippen LogP contribution in [0, 0.1) is 5.92 Å². The molecular formula is C9H12F4O2. The van der Waals surface area contributed by atoms with Gasteiger partial charge in [-0.25, -0.2) is 13.6 Å². The Morgan fingerprint density at radius 3 is 2.20 bits per heavy atom. The minimum absolute atomic E-state index is 0.0277. The first kappa shape index (κ1) is 13.9. The Hall–Kier alpha value is -1.07. The molecule has 0 saturated heterocycles. The van der Waals surface area contributed by atoms with Gasteiger partial charge in [0.25, 0.3) is 0 Å². The molecule has 0 saturated carbocycles. The molecule has 0 rings (SSSR count). The third-order valence-corrected chi connectivity index (χ3v) is 1.67. The topological polar surface area (TPSA) is 26.3 Å². The number of carbonyl (C=O) groups excluding carboxylic acids is 1. The number of halogens is 4. The van der Waals surface area contributed by atoms with Crippen molar-refractivity contribution in [3.05, 3.63) is 12.2 Å². The highest BCUT2D eigenvalue weighted by Gasteiger charge is 2.42. The fourth-order valence-corrected chi connectivity index (χ4v) is 0.553. The minimum Gasteiger partial charge on any atom is -0.456 e. The summed E-state index contributed by atoms with van der Waals surface area (Å²) in [6.45, 7) is 4.87. The molecule has 0 aromatic rings. The molecule has 0 N–H and O–H groups in total. The van der Waals surface area contributed by atoms with Crippen molar-refractivity contribution >= 4 is 5.97 Å². The van der Waals surface area contributed by atoms with E-state index in [0.29, 0.717) is 0 Å². The Kier molecular flexibility index (Phi) is 4.77. The van der Waals surface area contributed by atoms with Gasteiger partial charge in [-0.1, -0.05) is 20.4 Å². The average Bonchev–Trinajstić information content (AvgIpc) is 2.12. The Morgan fingerprint density at radius 2 is 1.87 bits per heavy atom. The van der Waals surface area contributed by atoms with E-state index >= 15 is 0 Å². The lowest BCUT2D eigenvalue weighted by Crippen LogP contribution is -2.33. The first-order valence-corrected chi connectivity index (χ1v) is 4.20. The Morgan fingerprint density at radius 1 is 1.40 bits per heavy atom. The van der Waals surface area contributed by atoms with Crippen molar-refractivity contribution in [2.75, 3.05) is 6.61 Å². The zero-order valence-electron chi connectivity index (χ0n) is 8.40. The van der Waals surface area contributed by atoms with Crippen LogP contribution in [0.4, 0.5) is 17.6 Å². The van der Waals surface area contributed by atoms with Crippen LogP contribution >= 0.6 is 0 Å². The maximum Gasteiger partial charge on any atom is 0.340 e. The average molecular weight is 228 g/mol.